The van der Waals surface area contributed by atoms with Gasteiger partial charge < -0.3 is 0 Å². The Labute approximate surface area is 100 Å². The fourth-order valence-electron chi connectivity index (χ4n) is 1.90. The van der Waals surface area contributed by atoms with Crippen LogP contribution in [0.15, 0.2) is 18.3 Å². The van der Waals surface area contributed by atoms with Crippen molar-refractivity contribution in [1.29, 1.82) is 0 Å². The van der Waals surface area contributed by atoms with Crippen molar-refractivity contribution >= 4 is 11.6 Å². The van der Waals surface area contributed by atoms with Crippen molar-refractivity contribution in [2.24, 2.45) is 0 Å². The Bertz CT molecular complexity index is 500. The van der Waals surface area contributed by atoms with Crippen molar-refractivity contribution in [1.82, 2.24) is 14.8 Å². The molecule has 4 heteroatoms. The standard InChI is InChI=1S/C12H14ClN3/c1-4-11-8(2)15-16(9(11)3)12-6-5-10(13)7-14-12/h5-7H,4H2,1-3H3. The minimum atomic E-state index is 0.640. The number of rotatable bonds is 2. The lowest BCUT2D eigenvalue weighted by molar-refractivity contribution is 0.805. The Morgan fingerprint density at radius 3 is 2.56 bits per heavy atom. The van der Waals surface area contributed by atoms with Gasteiger partial charge in [0, 0.05) is 11.9 Å². The van der Waals surface area contributed by atoms with Crippen molar-refractivity contribution in [2.75, 3.05) is 0 Å². The molecule has 3 nitrogen and oxygen atoms in total. The Morgan fingerprint density at radius 2 is 2.06 bits per heavy atom. The van der Waals surface area contributed by atoms with Gasteiger partial charge in [-0.15, -0.1) is 0 Å². The van der Waals surface area contributed by atoms with Crippen LogP contribution in [0.4, 0.5) is 0 Å². The quantitative estimate of drug-likeness (QED) is 0.801. The van der Waals surface area contributed by atoms with Crippen molar-refractivity contribution in [3.8, 4) is 5.82 Å². The lowest BCUT2D eigenvalue weighted by atomic mass is 10.1. The van der Waals surface area contributed by atoms with E-state index in [9.17, 15) is 0 Å². The highest BCUT2D eigenvalue weighted by Gasteiger charge is 2.11. The van der Waals surface area contributed by atoms with Crippen LogP contribution in [0.5, 0.6) is 0 Å². The molecule has 0 aliphatic carbocycles. The second-order valence-electron chi connectivity index (χ2n) is 3.75. The predicted molar refractivity (Wildman–Crippen MR) is 65.2 cm³/mol. The van der Waals surface area contributed by atoms with Crippen LogP contribution in [0.3, 0.4) is 0 Å². The number of aromatic nitrogens is 3. The lowest BCUT2D eigenvalue weighted by Gasteiger charge is -2.03. The molecule has 0 aliphatic rings. The summed E-state index contributed by atoms with van der Waals surface area (Å²) < 4.78 is 1.87. The van der Waals surface area contributed by atoms with Gasteiger partial charge in [-0.25, -0.2) is 9.67 Å². The van der Waals surface area contributed by atoms with Crippen LogP contribution >= 0.6 is 11.6 Å². The maximum atomic E-state index is 5.81. The van der Waals surface area contributed by atoms with Gasteiger partial charge in [0.2, 0.25) is 0 Å². The molecule has 0 spiro atoms. The average Bonchev–Trinajstić information content (AvgIpc) is 2.55. The van der Waals surface area contributed by atoms with E-state index in [0.717, 1.165) is 23.6 Å². The SMILES string of the molecule is CCc1c(C)nn(-c2ccc(Cl)cn2)c1C. The van der Waals surface area contributed by atoms with Crippen molar-refractivity contribution in [3.05, 3.63) is 40.3 Å². The molecule has 2 aromatic rings. The van der Waals surface area contributed by atoms with E-state index in [0.29, 0.717) is 5.02 Å². The molecule has 0 bridgehead atoms. The molecule has 16 heavy (non-hydrogen) atoms. The number of hydrogen-bond acceptors (Lipinski definition) is 2. The average molecular weight is 236 g/mol. The molecular formula is C12H14ClN3. The summed E-state index contributed by atoms with van der Waals surface area (Å²) in [5, 5.41) is 5.13. The van der Waals surface area contributed by atoms with Crippen LogP contribution in [0, 0.1) is 13.8 Å². The Kier molecular flexibility index (Phi) is 2.97. The lowest BCUT2D eigenvalue weighted by Crippen LogP contribution is -2.01. The summed E-state index contributed by atoms with van der Waals surface area (Å²) in [4.78, 5) is 4.27. The molecule has 0 unspecified atom stereocenters. The first-order chi connectivity index (χ1) is 7.63. The van der Waals surface area contributed by atoms with Crippen LogP contribution in [0.2, 0.25) is 5.02 Å². The van der Waals surface area contributed by atoms with Gasteiger partial charge in [-0.05, 0) is 38.0 Å². The van der Waals surface area contributed by atoms with E-state index in [-0.39, 0.29) is 0 Å². The fourth-order valence-corrected chi connectivity index (χ4v) is 2.01. The van der Waals surface area contributed by atoms with Crippen molar-refractivity contribution < 1.29 is 0 Å². The van der Waals surface area contributed by atoms with Crippen LogP contribution < -0.4 is 0 Å². The van der Waals surface area contributed by atoms with Crippen LogP contribution in [0.25, 0.3) is 5.82 Å². The first-order valence-corrected chi connectivity index (χ1v) is 5.68. The van der Waals surface area contributed by atoms with E-state index in [4.69, 9.17) is 11.6 Å². The van der Waals surface area contributed by atoms with Crippen molar-refractivity contribution in [3.63, 3.8) is 0 Å². The minimum absolute atomic E-state index is 0.640. The molecule has 0 radical (unpaired) electrons. The minimum Gasteiger partial charge on any atom is -0.236 e. The highest BCUT2D eigenvalue weighted by atomic mass is 35.5. The summed E-state index contributed by atoms with van der Waals surface area (Å²) in [6.45, 7) is 6.23. The maximum Gasteiger partial charge on any atom is 0.153 e. The monoisotopic (exact) mass is 235 g/mol. The second kappa shape index (κ2) is 4.26. The van der Waals surface area contributed by atoms with E-state index in [1.165, 1.54) is 5.56 Å². The maximum absolute atomic E-state index is 5.81. The third-order valence-corrected chi connectivity index (χ3v) is 2.95. The molecule has 0 amide bonds. The normalized spacial score (nSPS) is 10.8. The molecule has 0 saturated carbocycles. The summed E-state index contributed by atoms with van der Waals surface area (Å²) in [5.41, 5.74) is 3.50. The molecule has 2 aromatic heterocycles. The Morgan fingerprint density at radius 1 is 1.31 bits per heavy atom. The fraction of sp³-hybridized carbons (Fsp3) is 0.333. The van der Waals surface area contributed by atoms with Gasteiger partial charge in [0.05, 0.1) is 10.7 Å². The van der Waals surface area contributed by atoms with Gasteiger partial charge in [-0.1, -0.05) is 18.5 Å². The van der Waals surface area contributed by atoms with Gasteiger partial charge in [0.1, 0.15) is 0 Å². The van der Waals surface area contributed by atoms with Crippen LogP contribution in [-0.4, -0.2) is 14.8 Å². The van der Waals surface area contributed by atoms with E-state index in [2.05, 4.69) is 23.9 Å². The van der Waals surface area contributed by atoms with E-state index in [1.807, 2.05) is 23.7 Å². The number of aryl methyl sites for hydroxylation is 1. The number of nitrogens with zero attached hydrogens (tertiary/aromatic N) is 3. The van der Waals surface area contributed by atoms with Gasteiger partial charge in [0.25, 0.3) is 0 Å². The Balaban J connectivity index is 2.52. The van der Waals surface area contributed by atoms with E-state index >= 15 is 0 Å². The van der Waals surface area contributed by atoms with Gasteiger partial charge in [-0.2, -0.15) is 5.10 Å². The van der Waals surface area contributed by atoms with Crippen LogP contribution in [-0.2, 0) is 6.42 Å². The topological polar surface area (TPSA) is 30.7 Å². The molecule has 0 atom stereocenters. The molecule has 0 N–H and O–H groups in total. The number of pyridine rings is 1. The molecule has 0 aromatic carbocycles. The van der Waals surface area contributed by atoms with Crippen molar-refractivity contribution in [2.45, 2.75) is 27.2 Å². The van der Waals surface area contributed by atoms with E-state index < -0.39 is 0 Å². The summed E-state index contributed by atoms with van der Waals surface area (Å²) in [7, 11) is 0. The van der Waals surface area contributed by atoms with Crippen LogP contribution in [0.1, 0.15) is 23.9 Å². The smallest absolute Gasteiger partial charge is 0.153 e. The summed E-state index contributed by atoms with van der Waals surface area (Å²) in [6, 6.07) is 3.70. The zero-order valence-corrected chi connectivity index (χ0v) is 10.4. The first-order valence-electron chi connectivity index (χ1n) is 5.30. The summed E-state index contributed by atoms with van der Waals surface area (Å²) >= 11 is 5.81. The summed E-state index contributed by atoms with van der Waals surface area (Å²) in [5.74, 6) is 0.810. The van der Waals surface area contributed by atoms with Gasteiger partial charge in [-0.3, -0.25) is 0 Å². The number of hydrogen-bond donors (Lipinski definition) is 0. The molecule has 0 saturated heterocycles. The molecule has 0 aliphatic heterocycles. The third kappa shape index (κ3) is 1.83. The molecule has 2 heterocycles. The Hall–Kier alpha value is -1.35. The molecule has 84 valence electrons. The first kappa shape index (κ1) is 11.1. The predicted octanol–water partition coefficient (Wildman–Crippen LogP) is 3.10. The second-order valence-corrected chi connectivity index (χ2v) is 4.19. The van der Waals surface area contributed by atoms with Gasteiger partial charge in [0.15, 0.2) is 5.82 Å². The number of halogens is 1. The molecule has 0 fully saturated rings. The molecular weight excluding hydrogens is 222 g/mol. The zero-order valence-electron chi connectivity index (χ0n) is 9.66. The third-order valence-electron chi connectivity index (χ3n) is 2.72. The highest BCUT2D eigenvalue weighted by molar-refractivity contribution is 6.30. The highest BCUT2D eigenvalue weighted by Crippen LogP contribution is 2.17. The van der Waals surface area contributed by atoms with Gasteiger partial charge >= 0.3 is 0 Å². The summed E-state index contributed by atoms with van der Waals surface area (Å²) in [6.07, 6.45) is 2.63. The zero-order chi connectivity index (χ0) is 11.7. The largest absolute Gasteiger partial charge is 0.236 e. The van der Waals surface area contributed by atoms with E-state index in [1.54, 1.807) is 6.20 Å². The molecule has 2 rings (SSSR count).